The summed E-state index contributed by atoms with van der Waals surface area (Å²) in [6, 6.07) is 5.35. The quantitative estimate of drug-likeness (QED) is 0.622. The first-order chi connectivity index (χ1) is 9.97. The second-order valence-electron chi connectivity index (χ2n) is 4.00. The van der Waals surface area contributed by atoms with Crippen LogP contribution in [0.15, 0.2) is 24.3 Å². The molecular weight excluding hydrogens is 283 g/mol. The topological polar surface area (TPSA) is 105 Å². The smallest absolute Gasteiger partial charge is 0.322 e. The van der Waals surface area contributed by atoms with Crippen molar-refractivity contribution in [2.75, 3.05) is 19.7 Å². The normalized spacial score (nSPS) is 9.76. The molecule has 0 aliphatic rings. The van der Waals surface area contributed by atoms with Crippen molar-refractivity contribution >= 4 is 17.8 Å². The summed E-state index contributed by atoms with van der Waals surface area (Å²) >= 11 is 0. The molecule has 0 unspecified atom stereocenters. The Morgan fingerprint density at radius 3 is 2.29 bits per heavy atom. The van der Waals surface area contributed by atoms with Crippen molar-refractivity contribution in [3.05, 3.63) is 30.1 Å². The lowest BCUT2D eigenvalue weighted by molar-refractivity contribution is -0.137. The van der Waals surface area contributed by atoms with Crippen LogP contribution in [0.3, 0.4) is 0 Å². The Kier molecular flexibility index (Phi) is 6.66. The van der Waals surface area contributed by atoms with Gasteiger partial charge in [0, 0.05) is 0 Å². The number of carbonyl (C=O) groups excluding carboxylic acids is 2. The lowest BCUT2D eigenvalue weighted by atomic mass is 10.3. The first-order valence-electron chi connectivity index (χ1n) is 6.11. The van der Waals surface area contributed by atoms with Crippen molar-refractivity contribution in [1.29, 1.82) is 0 Å². The number of carbonyl (C=O) groups is 3. The summed E-state index contributed by atoms with van der Waals surface area (Å²) in [5.41, 5.74) is 0. The van der Waals surface area contributed by atoms with Crippen LogP contribution < -0.4 is 15.4 Å². The van der Waals surface area contributed by atoms with E-state index >= 15 is 0 Å². The van der Waals surface area contributed by atoms with Crippen molar-refractivity contribution in [3.63, 3.8) is 0 Å². The molecule has 1 aromatic carbocycles. The average molecular weight is 298 g/mol. The largest absolute Gasteiger partial charge is 0.493 e. The van der Waals surface area contributed by atoms with E-state index in [9.17, 15) is 18.8 Å². The van der Waals surface area contributed by atoms with Crippen LogP contribution in [0.1, 0.15) is 6.42 Å². The fourth-order valence-electron chi connectivity index (χ4n) is 1.30. The van der Waals surface area contributed by atoms with Crippen LogP contribution in [-0.4, -0.2) is 42.6 Å². The zero-order valence-corrected chi connectivity index (χ0v) is 11.1. The molecule has 0 aromatic heterocycles. The zero-order valence-electron chi connectivity index (χ0n) is 11.1. The Labute approximate surface area is 120 Å². The summed E-state index contributed by atoms with van der Waals surface area (Å²) in [5.74, 6) is -2.12. The van der Waals surface area contributed by atoms with Crippen LogP contribution in [0.4, 0.5) is 4.39 Å². The predicted molar refractivity (Wildman–Crippen MR) is 70.2 cm³/mol. The SMILES string of the molecule is O=C(O)CNC(=O)CNC(=O)CCOc1ccc(F)cc1. The summed E-state index contributed by atoms with van der Waals surface area (Å²) in [6.07, 6.45) is 0.0174. The van der Waals surface area contributed by atoms with E-state index in [2.05, 4.69) is 10.6 Å². The number of hydrogen-bond acceptors (Lipinski definition) is 4. The molecule has 0 fully saturated rings. The number of nitrogens with one attached hydrogen (secondary N) is 2. The Balaban J connectivity index is 2.15. The molecule has 114 valence electrons. The average Bonchev–Trinajstić information content (AvgIpc) is 2.45. The maximum absolute atomic E-state index is 12.6. The highest BCUT2D eigenvalue weighted by Crippen LogP contribution is 2.10. The molecule has 2 amide bonds. The summed E-state index contributed by atoms with van der Waals surface area (Å²) in [5, 5.41) is 12.8. The minimum atomic E-state index is -1.16. The van der Waals surface area contributed by atoms with Crippen molar-refractivity contribution in [2.45, 2.75) is 6.42 Å². The molecule has 0 radical (unpaired) electrons. The molecule has 7 nitrogen and oxygen atoms in total. The fraction of sp³-hybridized carbons (Fsp3) is 0.308. The summed E-state index contributed by atoms with van der Waals surface area (Å²) < 4.78 is 17.8. The number of halogens is 1. The van der Waals surface area contributed by atoms with Crippen LogP contribution in [-0.2, 0) is 14.4 Å². The molecule has 0 heterocycles. The van der Waals surface area contributed by atoms with E-state index in [0.717, 1.165) is 0 Å². The van der Waals surface area contributed by atoms with Crippen molar-refractivity contribution in [1.82, 2.24) is 10.6 Å². The van der Waals surface area contributed by atoms with E-state index in [4.69, 9.17) is 9.84 Å². The second-order valence-corrected chi connectivity index (χ2v) is 4.00. The van der Waals surface area contributed by atoms with E-state index in [1.807, 2.05) is 0 Å². The molecule has 0 atom stereocenters. The molecule has 0 bridgehead atoms. The van der Waals surface area contributed by atoms with Crippen LogP contribution in [0.2, 0.25) is 0 Å². The fourth-order valence-corrected chi connectivity index (χ4v) is 1.30. The van der Waals surface area contributed by atoms with Gasteiger partial charge in [-0.2, -0.15) is 0 Å². The molecule has 0 aliphatic heterocycles. The van der Waals surface area contributed by atoms with Gasteiger partial charge in [0.25, 0.3) is 0 Å². The molecular formula is C13H15FN2O5. The van der Waals surface area contributed by atoms with E-state index < -0.39 is 24.3 Å². The molecule has 0 aliphatic carbocycles. The standard InChI is InChI=1S/C13H15FN2O5/c14-9-1-3-10(4-2-9)21-6-5-11(17)15-7-12(18)16-8-13(19)20/h1-4H,5-8H2,(H,15,17)(H,16,18)(H,19,20). The summed E-state index contributed by atoms with van der Waals surface area (Å²) in [6.45, 7) is -0.723. The number of rotatable bonds is 8. The molecule has 3 N–H and O–H groups in total. The third kappa shape index (κ3) is 7.51. The predicted octanol–water partition coefficient (Wildman–Crippen LogP) is -0.0884. The van der Waals surface area contributed by atoms with Gasteiger partial charge in [0.15, 0.2) is 0 Å². The van der Waals surface area contributed by atoms with Crippen molar-refractivity contribution < 1.29 is 28.6 Å². The number of hydrogen-bond donors (Lipinski definition) is 3. The Morgan fingerprint density at radius 2 is 1.67 bits per heavy atom. The molecule has 1 aromatic rings. The Bertz CT molecular complexity index is 504. The number of aliphatic carboxylic acids is 1. The van der Waals surface area contributed by atoms with Gasteiger partial charge < -0.3 is 20.5 Å². The van der Waals surface area contributed by atoms with Crippen molar-refractivity contribution in [2.24, 2.45) is 0 Å². The number of carboxylic acid groups (broad SMARTS) is 1. The monoisotopic (exact) mass is 298 g/mol. The number of amides is 2. The van der Waals surface area contributed by atoms with Gasteiger partial charge in [0.1, 0.15) is 18.1 Å². The van der Waals surface area contributed by atoms with Gasteiger partial charge in [-0.05, 0) is 24.3 Å². The maximum atomic E-state index is 12.6. The number of ether oxygens (including phenoxy) is 1. The van der Waals surface area contributed by atoms with Crippen LogP contribution >= 0.6 is 0 Å². The second kappa shape index (κ2) is 8.51. The lowest BCUT2D eigenvalue weighted by Crippen LogP contribution is -2.39. The lowest BCUT2D eigenvalue weighted by Gasteiger charge is -2.07. The highest BCUT2D eigenvalue weighted by atomic mass is 19.1. The van der Waals surface area contributed by atoms with Gasteiger partial charge in [-0.3, -0.25) is 14.4 Å². The van der Waals surface area contributed by atoms with Gasteiger partial charge in [-0.1, -0.05) is 0 Å². The van der Waals surface area contributed by atoms with Gasteiger partial charge in [-0.25, -0.2) is 4.39 Å². The molecule has 1 rings (SSSR count). The van der Waals surface area contributed by atoms with E-state index in [-0.39, 0.29) is 25.4 Å². The molecule has 8 heteroatoms. The minimum Gasteiger partial charge on any atom is -0.493 e. The van der Waals surface area contributed by atoms with E-state index in [1.54, 1.807) is 0 Å². The Hall–Kier alpha value is -2.64. The van der Waals surface area contributed by atoms with Gasteiger partial charge in [0.05, 0.1) is 19.6 Å². The number of carboxylic acids is 1. The van der Waals surface area contributed by atoms with Crippen molar-refractivity contribution in [3.8, 4) is 5.75 Å². The summed E-state index contributed by atoms with van der Waals surface area (Å²) in [7, 11) is 0. The minimum absolute atomic E-state index is 0.0174. The van der Waals surface area contributed by atoms with Crippen LogP contribution in [0, 0.1) is 5.82 Å². The highest BCUT2D eigenvalue weighted by Gasteiger charge is 2.07. The van der Waals surface area contributed by atoms with Crippen LogP contribution in [0.5, 0.6) is 5.75 Å². The third-order valence-corrected chi connectivity index (χ3v) is 2.29. The molecule has 0 spiro atoms. The van der Waals surface area contributed by atoms with E-state index in [1.165, 1.54) is 24.3 Å². The van der Waals surface area contributed by atoms with E-state index in [0.29, 0.717) is 5.75 Å². The zero-order chi connectivity index (χ0) is 15.7. The first kappa shape index (κ1) is 16.4. The molecule has 0 saturated carbocycles. The number of benzene rings is 1. The Morgan fingerprint density at radius 1 is 1.05 bits per heavy atom. The highest BCUT2D eigenvalue weighted by molar-refractivity contribution is 5.86. The summed E-state index contributed by atoms with van der Waals surface area (Å²) in [4.78, 5) is 32.7. The third-order valence-electron chi connectivity index (χ3n) is 2.29. The van der Waals surface area contributed by atoms with Gasteiger partial charge >= 0.3 is 5.97 Å². The van der Waals surface area contributed by atoms with Gasteiger partial charge in [-0.15, -0.1) is 0 Å². The molecule has 21 heavy (non-hydrogen) atoms. The first-order valence-corrected chi connectivity index (χ1v) is 6.11. The molecule has 0 saturated heterocycles. The van der Waals surface area contributed by atoms with Crippen LogP contribution in [0.25, 0.3) is 0 Å². The maximum Gasteiger partial charge on any atom is 0.322 e. The van der Waals surface area contributed by atoms with Gasteiger partial charge in [0.2, 0.25) is 11.8 Å².